The third-order valence-electron chi connectivity index (χ3n) is 5.00. The molecular formula is C15H22O4. The predicted octanol–water partition coefficient (Wildman–Crippen LogP) is 2.15. The second kappa shape index (κ2) is 4.43. The Bertz CT molecular complexity index is 437. The lowest BCUT2D eigenvalue weighted by Crippen LogP contribution is -2.42. The summed E-state index contributed by atoms with van der Waals surface area (Å²) in [5.41, 5.74) is -1.05. The molecule has 106 valence electrons. The lowest BCUT2D eigenvalue weighted by Gasteiger charge is -2.29. The molecule has 2 rings (SSSR count). The molecule has 0 N–H and O–H groups in total. The van der Waals surface area contributed by atoms with Crippen LogP contribution in [-0.4, -0.2) is 24.1 Å². The van der Waals surface area contributed by atoms with Crippen molar-refractivity contribution in [3.63, 3.8) is 0 Å². The van der Waals surface area contributed by atoms with Crippen molar-refractivity contribution in [3.05, 3.63) is 0 Å². The molecule has 0 spiro atoms. The second-order valence-electron chi connectivity index (χ2n) is 6.43. The van der Waals surface area contributed by atoms with E-state index < -0.39 is 11.4 Å². The lowest BCUT2D eigenvalue weighted by molar-refractivity contribution is -0.162. The maximum atomic E-state index is 12.4. The van der Waals surface area contributed by atoms with Gasteiger partial charge in [-0.05, 0) is 37.5 Å². The Morgan fingerprint density at radius 2 is 2.00 bits per heavy atom. The van der Waals surface area contributed by atoms with Crippen molar-refractivity contribution in [2.45, 2.75) is 47.0 Å². The van der Waals surface area contributed by atoms with Crippen LogP contribution in [0.2, 0.25) is 0 Å². The molecule has 2 aliphatic rings. The lowest BCUT2D eigenvalue weighted by atomic mass is 9.73. The van der Waals surface area contributed by atoms with Gasteiger partial charge in [0.05, 0.1) is 6.61 Å². The van der Waals surface area contributed by atoms with E-state index in [-0.39, 0.29) is 41.8 Å². The molecule has 0 bridgehead atoms. The van der Waals surface area contributed by atoms with Crippen molar-refractivity contribution in [1.29, 1.82) is 0 Å². The Morgan fingerprint density at radius 3 is 2.47 bits per heavy atom. The number of esters is 1. The number of hydrogen-bond acceptors (Lipinski definition) is 4. The highest BCUT2D eigenvalue weighted by Crippen LogP contribution is 2.73. The van der Waals surface area contributed by atoms with Crippen LogP contribution in [0, 0.1) is 22.7 Å². The van der Waals surface area contributed by atoms with E-state index in [0.29, 0.717) is 12.8 Å². The van der Waals surface area contributed by atoms with Gasteiger partial charge in [-0.15, -0.1) is 0 Å². The molecule has 0 aromatic rings. The van der Waals surface area contributed by atoms with E-state index in [4.69, 9.17) is 4.74 Å². The molecule has 2 saturated carbocycles. The molecule has 3 atom stereocenters. The van der Waals surface area contributed by atoms with Gasteiger partial charge in [0.15, 0.2) is 5.78 Å². The van der Waals surface area contributed by atoms with Crippen molar-refractivity contribution >= 4 is 17.5 Å². The van der Waals surface area contributed by atoms with E-state index >= 15 is 0 Å². The molecule has 0 aromatic carbocycles. The van der Waals surface area contributed by atoms with Crippen LogP contribution in [0.4, 0.5) is 0 Å². The van der Waals surface area contributed by atoms with Crippen LogP contribution in [-0.2, 0) is 19.1 Å². The van der Waals surface area contributed by atoms with Gasteiger partial charge in [-0.1, -0.05) is 13.8 Å². The van der Waals surface area contributed by atoms with Crippen molar-refractivity contribution in [2.75, 3.05) is 6.61 Å². The molecular weight excluding hydrogens is 244 g/mol. The van der Waals surface area contributed by atoms with Gasteiger partial charge in [-0.3, -0.25) is 9.59 Å². The fraction of sp³-hybridized carbons (Fsp3) is 0.800. The van der Waals surface area contributed by atoms with E-state index in [1.54, 1.807) is 6.92 Å². The third kappa shape index (κ3) is 1.92. The van der Waals surface area contributed by atoms with Gasteiger partial charge in [0, 0.05) is 12.8 Å². The van der Waals surface area contributed by atoms with Crippen LogP contribution < -0.4 is 0 Å². The van der Waals surface area contributed by atoms with Gasteiger partial charge in [0.25, 0.3) is 0 Å². The summed E-state index contributed by atoms with van der Waals surface area (Å²) in [5.74, 6) is -0.110. The number of carbonyl (C=O) groups excluding carboxylic acids is 3. The molecule has 0 aliphatic heterocycles. The van der Waals surface area contributed by atoms with Crippen LogP contribution in [0.5, 0.6) is 0 Å². The third-order valence-corrected chi connectivity index (χ3v) is 5.00. The van der Waals surface area contributed by atoms with Gasteiger partial charge < -0.3 is 9.53 Å². The van der Waals surface area contributed by atoms with Gasteiger partial charge in [0.1, 0.15) is 11.2 Å². The van der Waals surface area contributed by atoms with E-state index in [0.717, 1.165) is 0 Å². The predicted molar refractivity (Wildman–Crippen MR) is 69.4 cm³/mol. The first kappa shape index (κ1) is 14.2. The minimum absolute atomic E-state index is 0.0114. The minimum Gasteiger partial charge on any atom is -0.465 e. The Hall–Kier alpha value is -1.19. The summed E-state index contributed by atoms with van der Waals surface area (Å²) < 4.78 is 5.15. The summed E-state index contributed by atoms with van der Waals surface area (Å²) in [6.07, 6.45) is 1.03. The number of Topliss-reactive ketones (excluding diaryl/α,β-unsaturated/α-hetero) is 2. The first-order chi connectivity index (χ1) is 8.78. The van der Waals surface area contributed by atoms with E-state index in [1.165, 1.54) is 6.92 Å². The zero-order valence-corrected chi connectivity index (χ0v) is 12.1. The van der Waals surface area contributed by atoms with Crippen molar-refractivity contribution < 1.29 is 19.1 Å². The van der Waals surface area contributed by atoms with Crippen molar-refractivity contribution in [3.8, 4) is 0 Å². The Kier molecular flexibility index (Phi) is 3.31. The zero-order valence-electron chi connectivity index (χ0n) is 12.1. The smallest absolute Gasteiger partial charge is 0.319 e. The van der Waals surface area contributed by atoms with E-state index in [2.05, 4.69) is 13.8 Å². The molecule has 4 nitrogen and oxygen atoms in total. The molecule has 0 heterocycles. The first-order valence-corrected chi connectivity index (χ1v) is 6.98. The van der Waals surface area contributed by atoms with Crippen molar-refractivity contribution in [1.82, 2.24) is 0 Å². The monoisotopic (exact) mass is 266 g/mol. The van der Waals surface area contributed by atoms with Gasteiger partial charge >= 0.3 is 5.97 Å². The average Bonchev–Trinajstić information content (AvgIpc) is 2.69. The molecule has 0 unspecified atom stereocenters. The van der Waals surface area contributed by atoms with Crippen LogP contribution in [0.1, 0.15) is 47.0 Å². The van der Waals surface area contributed by atoms with Crippen LogP contribution in [0.25, 0.3) is 0 Å². The van der Waals surface area contributed by atoms with Gasteiger partial charge in [-0.25, -0.2) is 0 Å². The summed E-state index contributed by atoms with van der Waals surface area (Å²) in [6.45, 7) is 7.69. The maximum Gasteiger partial charge on any atom is 0.319 e. The van der Waals surface area contributed by atoms with Crippen molar-refractivity contribution in [2.24, 2.45) is 22.7 Å². The van der Waals surface area contributed by atoms with Crippen LogP contribution >= 0.6 is 0 Å². The highest BCUT2D eigenvalue weighted by molar-refractivity contribution is 6.07. The molecule has 0 saturated heterocycles. The fourth-order valence-corrected chi connectivity index (χ4v) is 3.93. The Balaban J connectivity index is 2.31. The van der Waals surface area contributed by atoms with E-state index in [1.807, 2.05) is 0 Å². The maximum absolute atomic E-state index is 12.4. The number of carbonyl (C=O) groups is 3. The normalized spacial score (nSPS) is 34.8. The quantitative estimate of drug-likeness (QED) is 0.565. The fourth-order valence-electron chi connectivity index (χ4n) is 3.93. The van der Waals surface area contributed by atoms with E-state index in [9.17, 15) is 14.4 Å². The number of rotatable bonds is 5. The highest BCUT2D eigenvalue weighted by Gasteiger charge is 2.76. The molecule has 19 heavy (non-hydrogen) atoms. The second-order valence-corrected chi connectivity index (χ2v) is 6.43. The number of ketones is 2. The molecule has 0 amide bonds. The topological polar surface area (TPSA) is 60.4 Å². The first-order valence-electron chi connectivity index (χ1n) is 6.98. The molecule has 0 radical (unpaired) electrons. The summed E-state index contributed by atoms with van der Waals surface area (Å²) in [6, 6.07) is 0. The Morgan fingerprint density at radius 1 is 1.37 bits per heavy atom. The van der Waals surface area contributed by atoms with Crippen LogP contribution in [0.15, 0.2) is 0 Å². The SMILES string of the molecule is CCOC(=O)[C@]1(CCC(C)=O)C(=O)C[C@H]2[C@@H]1C2(C)C. The zero-order chi connectivity index (χ0) is 14.4. The van der Waals surface area contributed by atoms with Crippen LogP contribution in [0.3, 0.4) is 0 Å². The molecule has 4 heteroatoms. The summed E-state index contributed by atoms with van der Waals surface area (Å²) in [7, 11) is 0. The van der Waals surface area contributed by atoms with Gasteiger partial charge in [-0.2, -0.15) is 0 Å². The van der Waals surface area contributed by atoms with Gasteiger partial charge in [0.2, 0.25) is 0 Å². The molecule has 2 fully saturated rings. The Labute approximate surface area is 113 Å². The standard InChI is InChI=1S/C15H22O4/c1-5-19-13(18)15(7-6-9(2)16)11(17)8-10-12(15)14(10,3)4/h10,12H,5-8H2,1-4H3/t10-,12+,15+/m0/s1. The number of hydrogen-bond donors (Lipinski definition) is 0. The highest BCUT2D eigenvalue weighted by atomic mass is 16.5. The number of fused-ring (bicyclic) bond motifs is 1. The molecule has 2 aliphatic carbocycles. The summed E-state index contributed by atoms with van der Waals surface area (Å²) >= 11 is 0. The molecule has 0 aromatic heterocycles. The summed E-state index contributed by atoms with van der Waals surface area (Å²) in [5, 5.41) is 0. The average molecular weight is 266 g/mol. The summed E-state index contributed by atoms with van der Waals surface area (Å²) in [4.78, 5) is 36.0. The minimum atomic E-state index is -1.06. The largest absolute Gasteiger partial charge is 0.465 e. The number of ether oxygens (including phenoxy) is 1.